The fourth-order valence-electron chi connectivity index (χ4n) is 2.49. The van der Waals surface area contributed by atoms with Crippen LogP contribution in [0.1, 0.15) is 21.8 Å². The molecule has 0 radical (unpaired) electrons. The first kappa shape index (κ1) is 18.6. The normalized spacial score (nSPS) is 10.6. The summed E-state index contributed by atoms with van der Waals surface area (Å²) in [6.45, 7) is 0. The fourth-order valence-corrected chi connectivity index (χ4v) is 3.34. The van der Waals surface area contributed by atoms with Crippen molar-refractivity contribution in [2.75, 3.05) is 12.4 Å². The van der Waals surface area contributed by atoms with Gasteiger partial charge in [-0.1, -0.05) is 11.3 Å². The van der Waals surface area contributed by atoms with E-state index < -0.39 is 5.97 Å². The number of ether oxygens (including phenoxy) is 1. The number of carboxylic acids is 1. The number of benzene rings is 1. The van der Waals surface area contributed by atoms with E-state index in [1.54, 1.807) is 24.9 Å². The van der Waals surface area contributed by atoms with Gasteiger partial charge < -0.3 is 19.7 Å². The van der Waals surface area contributed by atoms with E-state index in [1.165, 1.54) is 17.5 Å². The summed E-state index contributed by atoms with van der Waals surface area (Å²) < 4.78 is 6.72. The molecule has 0 aliphatic rings. The average molecular weight is 386 g/mol. The number of carbonyl (C=O) groups excluding carboxylic acids is 1. The van der Waals surface area contributed by atoms with Gasteiger partial charge in [0.1, 0.15) is 21.3 Å². The molecule has 0 aliphatic heterocycles. The Bertz CT molecular complexity index is 962. The molecule has 3 aromatic rings. The van der Waals surface area contributed by atoms with Gasteiger partial charge in [0.25, 0.3) is 0 Å². The number of nitrogens with one attached hydrogen (secondary N) is 1. The minimum absolute atomic E-state index is 0.0588. The Hall–Kier alpha value is -3.20. The fraction of sp³-hybridized carbons (Fsp3) is 0.222. The molecule has 0 fully saturated rings. The molecule has 0 unspecified atom stereocenters. The number of anilines is 1. The molecule has 9 heteroatoms. The Balaban J connectivity index is 1.59. The molecule has 0 bridgehead atoms. The van der Waals surface area contributed by atoms with Gasteiger partial charge >= 0.3 is 5.97 Å². The van der Waals surface area contributed by atoms with Crippen molar-refractivity contribution < 1.29 is 19.4 Å². The van der Waals surface area contributed by atoms with Gasteiger partial charge in [-0.3, -0.25) is 4.79 Å². The molecule has 0 saturated carbocycles. The second-order valence-corrected chi connectivity index (χ2v) is 6.90. The molecule has 0 aliphatic carbocycles. The summed E-state index contributed by atoms with van der Waals surface area (Å²) in [6, 6.07) is 7.50. The Morgan fingerprint density at radius 3 is 2.63 bits per heavy atom. The van der Waals surface area contributed by atoms with Crippen molar-refractivity contribution in [3.05, 3.63) is 47.2 Å². The molecule has 1 aromatic carbocycles. The van der Waals surface area contributed by atoms with Crippen LogP contribution in [0.2, 0.25) is 0 Å². The van der Waals surface area contributed by atoms with Crippen molar-refractivity contribution in [2.45, 2.75) is 12.8 Å². The summed E-state index contributed by atoms with van der Waals surface area (Å²) in [6.07, 6.45) is 3.62. The lowest BCUT2D eigenvalue weighted by Gasteiger charge is -2.03. The van der Waals surface area contributed by atoms with E-state index in [2.05, 4.69) is 15.5 Å². The zero-order valence-corrected chi connectivity index (χ0v) is 15.6. The highest BCUT2D eigenvalue weighted by Crippen LogP contribution is 2.26. The van der Waals surface area contributed by atoms with Crippen LogP contribution in [0.15, 0.2) is 36.7 Å². The van der Waals surface area contributed by atoms with Gasteiger partial charge in [0.2, 0.25) is 5.91 Å². The molecule has 2 aromatic heterocycles. The van der Waals surface area contributed by atoms with Gasteiger partial charge in [-0.25, -0.2) is 4.79 Å². The smallest absolute Gasteiger partial charge is 0.339 e. The minimum atomic E-state index is -1.08. The number of aromatic carboxylic acids is 1. The topological polar surface area (TPSA) is 106 Å². The summed E-state index contributed by atoms with van der Waals surface area (Å²) >= 11 is 1.42. The summed E-state index contributed by atoms with van der Waals surface area (Å²) in [5, 5.41) is 21.6. The number of nitrogens with zero attached hydrogens (tertiary/aromatic N) is 3. The van der Waals surface area contributed by atoms with Crippen LogP contribution < -0.4 is 10.1 Å². The number of hydrogen-bond donors (Lipinski definition) is 2. The number of hydrogen-bond acceptors (Lipinski definition) is 6. The summed E-state index contributed by atoms with van der Waals surface area (Å²) in [5.74, 6) is -0.592. The summed E-state index contributed by atoms with van der Waals surface area (Å²) in [5.41, 5.74) is 1.27. The third-order valence-electron chi connectivity index (χ3n) is 3.83. The lowest BCUT2D eigenvalue weighted by Crippen LogP contribution is -2.14. The predicted molar refractivity (Wildman–Crippen MR) is 101 cm³/mol. The number of rotatable bonds is 7. The maximum absolute atomic E-state index is 12.1. The maximum Gasteiger partial charge on any atom is 0.339 e. The zero-order chi connectivity index (χ0) is 19.4. The van der Waals surface area contributed by atoms with Gasteiger partial charge in [-0.05, 0) is 24.3 Å². The molecule has 1 amide bonds. The molecule has 0 saturated heterocycles. The molecule has 3 rings (SSSR count). The van der Waals surface area contributed by atoms with Crippen LogP contribution in [0.5, 0.6) is 5.75 Å². The van der Waals surface area contributed by atoms with Crippen LogP contribution in [0, 0.1) is 0 Å². The van der Waals surface area contributed by atoms with E-state index >= 15 is 0 Å². The Labute approximate surface area is 159 Å². The number of aromatic nitrogens is 3. The van der Waals surface area contributed by atoms with Crippen molar-refractivity contribution >= 4 is 28.9 Å². The van der Waals surface area contributed by atoms with Gasteiger partial charge in [0, 0.05) is 37.8 Å². The van der Waals surface area contributed by atoms with E-state index in [0.29, 0.717) is 6.42 Å². The largest absolute Gasteiger partial charge is 0.497 e. The van der Waals surface area contributed by atoms with Crippen molar-refractivity contribution in [1.82, 2.24) is 14.8 Å². The quantitative estimate of drug-likeness (QED) is 0.647. The van der Waals surface area contributed by atoms with Gasteiger partial charge in [0.15, 0.2) is 0 Å². The third kappa shape index (κ3) is 4.50. The number of carboxylic acid groups (broad SMARTS) is 1. The number of amides is 1. The second-order valence-electron chi connectivity index (χ2n) is 5.83. The van der Waals surface area contributed by atoms with Crippen LogP contribution >= 0.6 is 11.3 Å². The summed E-state index contributed by atoms with van der Waals surface area (Å²) in [4.78, 5) is 23.3. The molecule has 8 nitrogen and oxygen atoms in total. The Morgan fingerprint density at radius 2 is 1.96 bits per heavy atom. The molecule has 0 spiro atoms. The molecule has 27 heavy (non-hydrogen) atoms. The molecule has 2 N–H and O–H groups in total. The highest BCUT2D eigenvalue weighted by Gasteiger charge is 2.15. The van der Waals surface area contributed by atoms with Crippen molar-refractivity contribution in [2.24, 2.45) is 7.05 Å². The second kappa shape index (κ2) is 8.00. The van der Waals surface area contributed by atoms with E-state index in [-0.39, 0.29) is 23.6 Å². The van der Waals surface area contributed by atoms with Crippen molar-refractivity contribution in [3.63, 3.8) is 0 Å². The van der Waals surface area contributed by atoms with Gasteiger partial charge in [-0.15, -0.1) is 10.2 Å². The minimum Gasteiger partial charge on any atom is -0.497 e. The molecular formula is C18H18N4O4S. The number of aryl methyl sites for hydroxylation is 2. The first-order chi connectivity index (χ1) is 13.0. The van der Waals surface area contributed by atoms with Crippen LogP contribution in [-0.4, -0.2) is 38.9 Å². The van der Waals surface area contributed by atoms with Crippen LogP contribution in [-0.2, 0) is 18.3 Å². The first-order valence-electron chi connectivity index (χ1n) is 8.12. The zero-order valence-electron chi connectivity index (χ0n) is 14.8. The van der Waals surface area contributed by atoms with Crippen LogP contribution in [0.3, 0.4) is 0 Å². The summed E-state index contributed by atoms with van der Waals surface area (Å²) in [7, 11) is 3.31. The number of methoxy groups -OCH3 is 1. The predicted octanol–water partition coefficient (Wildman–Crippen LogP) is 2.82. The van der Waals surface area contributed by atoms with Crippen molar-refractivity contribution in [3.8, 4) is 16.3 Å². The highest BCUT2D eigenvalue weighted by atomic mass is 32.1. The molecular weight excluding hydrogens is 368 g/mol. The monoisotopic (exact) mass is 386 g/mol. The van der Waals surface area contributed by atoms with E-state index in [4.69, 9.17) is 9.84 Å². The molecule has 140 valence electrons. The Morgan fingerprint density at radius 1 is 1.22 bits per heavy atom. The van der Waals surface area contributed by atoms with Gasteiger partial charge in [-0.2, -0.15) is 0 Å². The Kier molecular flexibility index (Phi) is 5.51. The third-order valence-corrected chi connectivity index (χ3v) is 4.86. The van der Waals surface area contributed by atoms with E-state index in [1.807, 2.05) is 24.3 Å². The van der Waals surface area contributed by atoms with Crippen molar-refractivity contribution in [1.29, 1.82) is 0 Å². The lowest BCUT2D eigenvalue weighted by molar-refractivity contribution is -0.116. The van der Waals surface area contributed by atoms with Gasteiger partial charge in [0.05, 0.1) is 12.8 Å². The maximum atomic E-state index is 12.1. The van der Waals surface area contributed by atoms with Crippen LogP contribution in [0.4, 0.5) is 5.69 Å². The highest BCUT2D eigenvalue weighted by molar-refractivity contribution is 7.14. The molecule has 0 atom stereocenters. The first-order valence-corrected chi connectivity index (χ1v) is 8.94. The lowest BCUT2D eigenvalue weighted by atomic mass is 10.2. The average Bonchev–Trinajstić information content (AvgIpc) is 3.27. The SMILES string of the molecule is COc1ccc(-c2nnc(CCC(=O)Nc3cn(C)cc3C(=O)O)s2)cc1. The van der Waals surface area contributed by atoms with E-state index in [0.717, 1.165) is 21.3 Å². The van der Waals surface area contributed by atoms with E-state index in [9.17, 15) is 9.59 Å². The number of carbonyl (C=O) groups is 2. The molecule has 2 heterocycles. The van der Waals surface area contributed by atoms with Crippen LogP contribution in [0.25, 0.3) is 10.6 Å². The standard InChI is InChI=1S/C18H18N4O4S/c1-22-9-13(18(24)25)14(10-22)19-15(23)7-8-16-20-21-17(27-16)11-3-5-12(26-2)6-4-11/h3-6,9-10H,7-8H2,1-2H3,(H,19,23)(H,24,25).